The summed E-state index contributed by atoms with van der Waals surface area (Å²) in [6, 6.07) is 5.28. The van der Waals surface area contributed by atoms with Crippen LogP contribution in [0, 0.1) is 0 Å². The molecule has 0 saturated carbocycles. The summed E-state index contributed by atoms with van der Waals surface area (Å²) in [6.07, 6.45) is 5.46. The lowest BCUT2D eigenvalue weighted by Crippen LogP contribution is -2.38. The lowest BCUT2D eigenvalue weighted by atomic mass is 9.95. The molecule has 0 unspecified atom stereocenters. The van der Waals surface area contributed by atoms with Gasteiger partial charge in [0.05, 0.1) is 14.2 Å². The molecule has 122 valence electrons. The number of carbonyl (C=O) groups is 1. The minimum absolute atomic E-state index is 0.0313. The van der Waals surface area contributed by atoms with Crippen LogP contribution in [0.5, 0.6) is 11.5 Å². The maximum atomic E-state index is 12.7. The third kappa shape index (κ3) is 3.16. The van der Waals surface area contributed by atoms with Crippen LogP contribution < -0.4 is 9.47 Å². The van der Waals surface area contributed by atoms with E-state index < -0.39 is 0 Å². The Morgan fingerprint density at radius 1 is 1.22 bits per heavy atom. The van der Waals surface area contributed by atoms with Crippen molar-refractivity contribution in [3.8, 4) is 11.5 Å². The number of carbonyl (C=O) groups excluding carboxylic acids is 1. The van der Waals surface area contributed by atoms with Crippen LogP contribution in [0.1, 0.15) is 34.9 Å². The molecule has 2 aromatic rings. The number of hydrogen-bond donors (Lipinski definition) is 1. The van der Waals surface area contributed by atoms with Gasteiger partial charge >= 0.3 is 0 Å². The van der Waals surface area contributed by atoms with E-state index in [-0.39, 0.29) is 5.91 Å². The van der Waals surface area contributed by atoms with Crippen LogP contribution in [-0.4, -0.2) is 48.1 Å². The predicted molar refractivity (Wildman–Crippen MR) is 86.0 cm³/mol. The number of ether oxygens (including phenoxy) is 2. The molecule has 1 fully saturated rings. The van der Waals surface area contributed by atoms with Crippen LogP contribution in [0.25, 0.3) is 0 Å². The van der Waals surface area contributed by atoms with E-state index in [9.17, 15) is 4.79 Å². The van der Waals surface area contributed by atoms with Gasteiger partial charge in [0, 0.05) is 37.0 Å². The smallest absolute Gasteiger partial charge is 0.253 e. The third-order valence-corrected chi connectivity index (χ3v) is 4.32. The largest absolute Gasteiger partial charge is 0.493 e. The molecule has 23 heavy (non-hydrogen) atoms. The Kier molecular flexibility index (Phi) is 4.50. The summed E-state index contributed by atoms with van der Waals surface area (Å²) in [7, 11) is 3.15. The van der Waals surface area contributed by atoms with E-state index in [1.165, 1.54) is 0 Å². The summed E-state index contributed by atoms with van der Waals surface area (Å²) in [6.45, 7) is 1.47. The lowest BCUT2D eigenvalue weighted by Gasteiger charge is -2.31. The number of hydrogen-bond acceptors (Lipinski definition) is 4. The van der Waals surface area contributed by atoms with Crippen molar-refractivity contribution >= 4 is 5.91 Å². The second-order valence-corrected chi connectivity index (χ2v) is 5.61. The summed E-state index contributed by atoms with van der Waals surface area (Å²) in [5, 5.41) is 0. The van der Waals surface area contributed by atoms with Gasteiger partial charge in [0.2, 0.25) is 0 Å². The van der Waals surface area contributed by atoms with Crippen LogP contribution >= 0.6 is 0 Å². The van der Waals surface area contributed by atoms with Crippen molar-refractivity contribution < 1.29 is 14.3 Å². The molecule has 1 aromatic heterocycles. The molecule has 2 heterocycles. The van der Waals surface area contributed by atoms with Crippen molar-refractivity contribution in [1.29, 1.82) is 0 Å². The monoisotopic (exact) mass is 315 g/mol. The molecule has 1 N–H and O–H groups in total. The average Bonchev–Trinajstić information content (AvgIpc) is 3.15. The molecule has 0 spiro atoms. The molecule has 0 atom stereocenters. The molecule has 0 aliphatic carbocycles. The number of benzene rings is 1. The molecule has 0 radical (unpaired) electrons. The molecule has 6 nitrogen and oxygen atoms in total. The Hall–Kier alpha value is -2.50. The highest BCUT2D eigenvalue weighted by Crippen LogP contribution is 2.30. The van der Waals surface area contributed by atoms with Crippen molar-refractivity contribution in [2.24, 2.45) is 0 Å². The number of amides is 1. The van der Waals surface area contributed by atoms with Gasteiger partial charge in [-0.15, -0.1) is 0 Å². The highest BCUT2D eigenvalue weighted by atomic mass is 16.5. The summed E-state index contributed by atoms with van der Waals surface area (Å²) in [4.78, 5) is 22.0. The van der Waals surface area contributed by atoms with Crippen LogP contribution in [-0.2, 0) is 0 Å². The molecule has 1 aliphatic heterocycles. The maximum Gasteiger partial charge on any atom is 0.253 e. The SMILES string of the molecule is COc1ccc(C(=O)N2CCC(c3ncc[nH]3)CC2)cc1OC. The van der Waals surface area contributed by atoms with E-state index in [0.29, 0.717) is 23.0 Å². The van der Waals surface area contributed by atoms with Crippen molar-refractivity contribution in [2.75, 3.05) is 27.3 Å². The molecular weight excluding hydrogens is 294 g/mol. The van der Waals surface area contributed by atoms with Crippen LogP contribution in [0.2, 0.25) is 0 Å². The highest BCUT2D eigenvalue weighted by molar-refractivity contribution is 5.95. The average molecular weight is 315 g/mol. The first-order valence-corrected chi connectivity index (χ1v) is 7.73. The molecule has 6 heteroatoms. The van der Waals surface area contributed by atoms with Crippen LogP contribution in [0.4, 0.5) is 0 Å². The van der Waals surface area contributed by atoms with E-state index in [1.807, 2.05) is 11.1 Å². The quantitative estimate of drug-likeness (QED) is 0.941. The topological polar surface area (TPSA) is 67.5 Å². The fourth-order valence-corrected chi connectivity index (χ4v) is 3.01. The van der Waals surface area contributed by atoms with E-state index in [1.54, 1.807) is 38.6 Å². The minimum Gasteiger partial charge on any atom is -0.493 e. The molecular formula is C17H21N3O3. The Balaban J connectivity index is 1.67. The van der Waals surface area contributed by atoms with Crippen LogP contribution in [0.15, 0.2) is 30.6 Å². The van der Waals surface area contributed by atoms with Crippen molar-refractivity contribution in [3.63, 3.8) is 0 Å². The van der Waals surface area contributed by atoms with Gasteiger partial charge in [0.25, 0.3) is 5.91 Å². The summed E-state index contributed by atoms with van der Waals surface area (Å²) in [5.41, 5.74) is 0.624. The Morgan fingerprint density at radius 3 is 2.57 bits per heavy atom. The standard InChI is InChI=1S/C17H21N3O3/c1-22-14-4-3-13(11-15(14)23-2)17(21)20-9-5-12(6-10-20)16-18-7-8-19-16/h3-4,7-8,11-12H,5-6,9-10H2,1-2H3,(H,18,19). The number of rotatable bonds is 4. The summed E-state index contributed by atoms with van der Waals surface area (Å²) >= 11 is 0. The zero-order valence-corrected chi connectivity index (χ0v) is 13.4. The molecule has 1 saturated heterocycles. The van der Waals surface area contributed by atoms with Crippen molar-refractivity contribution in [2.45, 2.75) is 18.8 Å². The van der Waals surface area contributed by atoms with E-state index in [4.69, 9.17) is 9.47 Å². The van der Waals surface area contributed by atoms with Crippen LogP contribution in [0.3, 0.4) is 0 Å². The number of H-pyrrole nitrogens is 1. The number of nitrogens with zero attached hydrogens (tertiary/aromatic N) is 2. The van der Waals surface area contributed by atoms with Gasteiger partial charge in [0.15, 0.2) is 11.5 Å². The van der Waals surface area contributed by atoms with Gasteiger partial charge in [-0.2, -0.15) is 0 Å². The molecule has 1 aromatic carbocycles. The minimum atomic E-state index is 0.0313. The van der Waals surface area contributed by atoms with E-state index in [0.717, 1.165) is 31.8 Å². The number of methoxy groups -OCH3 is 2. The Labute approximate surface area is 135 Å². The lowest BCUT2D eigenvalue weighted by molar-refractivity contribution is 0.0711. The van der Waals surface area contributed by atoms with Gasteiger partial charge in [-0.1, -0.05) is 0 Å². The zero-order chi connectivity index (χ0) is 16.2. The molecule has 0 bridgehead atoms. The van der Waals surface area contributed by atoms with Gasteiger partial charge in [-0.05, 0) is 31.0 Å². The number of likely N-dealkylation sites (tertiary alicyclic amines) is 1. The Bertz CT molecular complexity index is 662. The maximum absolute atomic E-state index is 12.7. The molecule has 3 rings (SSSR count). The van der Waals surface area contributed by atoms with Crippen molar-refractivity contribution in [3.05, 3.63) is 42.0 Å². The second kappa shape index (κ2) is 6.73. The fourth-order valence-electron chi connectivity index (χ4n) is 3.01. The molecule has 1 amide bonds. The zero-order valence-electron chi connectivity index (χ0n) is 13.4. The fraction of sp³-hybridized carbons (Fsp3) is 0.412. The second-order valence-electron chi connectivity index (χ2n) is 5.61. The first-order valence-electron chi connectivity index (χ1n) is 7.73. The predicted octanol–water partition coefficient (Wildman–Crippen LogP) is 2.45. The first kappa shape index (κ1) is 15.4. The van der Waals surface area contributed by atoms with E-state index in [2.05, 4.69) is 9.97 Å². The van der Waals surface area contributed by atoms with E-state index >= 15 is 0 Å². The number of aromatic amines is 1. The number of imidazole rings is 1. The Morgan fingerprint density at radius 2 is 1.96 bits per heavy atom. The number of piperidine rings is 1. The first-order chi connectivity index (χ1) is 11.2. The normalized spacial score (nSPS) is 15.5. The molecule has 1 aliphatic rings. The number of aromatic nitrogens is 2. The third-order valence-electron chi connectivity index (χ3n) is 4.32. The van der Waals surface area contributed by atoms with Gasteiger partial charge in [0.1, 0.15) is 5.82 Å². The summed E-state index contributed by atoms with van der Waals surface area (Å²) in [5.74, 6) is 2.65. The van der Waals surface area contributed by atoms with Gasteiger partial charge < -0.3 is 19.4 Å². The summed E-state index contributed by atoms with van der Waals surface area (Å²) < 4.78 is 10.5. The highest BCUT2D eigenvalue weighted by Gasteiger charge is 2.26. The van der Waals surface area contributed by atoms with Gasteiger partial charge in [-0.25, -0.2) is 4.98 Å². The van der Waals surface area contributed by atoms with Gasteiger partial charge in [-0.3, -0.25) is 4.79 Å². The number of nitrogens with one attached hydrogen (secondary N) is 1. The van der Waals surface area contributed by atoms with Crippen molar-refractivity contribution in [1.82, 2.24) is 14.9 Å².